The van der Waals surface area contributed by atoms with E-state index in [0.717, 1.165) is 11.0 Å². The molecule has 0 aliphatic heterocycles. The van der Waals surface area contributed by atoms with Gasteiger partial charge in [0.2, 0.25) is 0 Å². The highest BCUT2D eigenvalue weighted by atomic mass is 35.5. The van der Waals surface area contributed by atoms with E-state index in [2.05, 4.69) is 10.2 Å². The SMILES string of the molecule is Clc1ccc2oc(-c3nnc(SSC4CCCCC4)o3)cc2c1. The van der Waals surface area contributed by atoms with Gasteiger partial charge in [-0.25, -0.2) is 0 Å². The third kappa shape index (κ3) is 3.54. The summed E-state index contributed by atoms with van der Waals surface area (Å²) in [7, 11) is 3.40. The number of benzene rings is 1. The van der Waals surface area contributed by atoms with Crippen LogP contribution in [0.2, 0.25) is 5.02 Å². The van der Waals surface area contributed by atoms with Gasteiger partial charge in [0.25, 0.3) is 11.1 Å². The zero-order chi connectivity index (χ0) is 15.6. The van der Waals surface area contributed by atoms with E-state index >= 15 is 0 Å². The number of rotatable bonds is 4. The smallest absolute Gasteiger partial charge is 0.287 e. The van der Waals surface area contributed by atoms with Crippen LogP contribution in [0.5, 0.6) is 0 Å². The van der Waals surface area contributed by atoms with Gasteiger partial charge in [-0.15, -0.1) is 5.10 Å². The van der Waals surface area contributed by atoms with Gasteiger partial charge < -0.3 is 8.83 Å². The fourth-order valence-electron chi connectivity index (χ4n) is 2.73. The molecule has 120 valence electrons. The van der Waals surface area contributed by atoms with Crippen LogP contribution in [-0.4, -0.2) is 15.4 Å². The second-order valence-electron chi connectivity index (χ2n) is 5.61. The van der Waals surface area contributed by atoms with E-state index < -0.39 is 0 Å². The summed E-state index contributed by atoms with van der Waals surface area (Å²) in [5.74, 6) is 0.980. The van der Waals surface area contributed by atoms with Crippen LogP contribution in [0.4, 0.5) is 0 Å². The Kier molecular flexibility index (Phi) is 4.55. The lowest BCUT2D eigenvalue weighted by molar-refractivity contribution is 0.453. The fourth-order valence-corrected chi connectivity index (χ4v) is 5.28. The van der Waals surface area contributed by atoms with E-state index in [9.17, 15) is 0 Å². The van der Waals surface area contributed by atoms with Crippen molar-refractivity contribution < 1.29 is 8.83 Å². The van der Waals surface area contributed by atoms with Crippen molar-refractivity contribution in [3.8, 4) is 11.7 Å². The van der Waals surface area contributed by atoms with E-state index in [1.165, 1.54) is 32.1 Å². The number of fused-ring (bicyclic) bond motifs is 1. The molecule has 4 rings (SSSR count). The summed E-state index contributed by atoms with van der Waals surface area (Å²) in [4.78, 5) is 0. The summed E-state index contributed by atoms with van der Waals surface area (Å²) >= 11 is 5.99. The van der Waals surface area contributed by atoms with E-state index in [-0.39, 0.29) is 0 Å². The van der Waals surface area contributed by atoms with Crippen molar-refractivity contribution in [1.29, 1.82) is 0 Å². The first-order chi connectivity index (χ1) is 11.3. The molecule has 0 atom stereocenters. The summed E-state index contributed by atoms with van der Waals surface area (Å²) in [5.41, 5.74) is 0.758. The Morgan fingerprint density at radius 3 is 2.78 bits per heavy atom. The highest BCUT2D eigenvalue weighted by Gasteiger charge is 2.18. The molecule has 0 unspecified atom stereocenters. The molecule has 0 N–H and O–H groups in total. The number of nitrogens with zero attached hydrogens (tertiary/aromatic N) is 2. The van der Waals surface area contributed by atoms with Gasteiger partial charge >= 0.3 is 0 Å². The number of halogens is 1. The van der Waals surface area contributed by atoms with Crippen LogP contribution in [-0.2, 0) is 0 Å². The summed E-state index contributed by atoms with van der Waals surface area (Å²) in [5, 5.41) is 11.1. The molecule has 7 heteroatoms. The summed E-state index contributed by atoms with van der Waals surface area (Å²) in [6.45, 7) is 0. The topological polar surface area (TPSA) is 52.1 Å². The molecule has 2 heterocycles. The van der Waals surface area contributed by atoms with E-state index in [4.69, 9.17) is 20.4 Å². The largest absolute Gasteiger partial charge is 0.451 e. The van der Waals surface area contributed by atoms with Crippen LogP contribution in [0.3, 0.4) is 0 Å². The molecule has 0 radical (unpaired) electrons. The van der Waals surface area contributed by atoms with Gasteiger partial charge in [-0.3, -0.25) is 0 Å². The van der Waals surface area contributed by atoms with Crippen molar-refractivity contribution in [3.05, 3.63) is 29.3 Å². The number of hydrogen-bond donors (Lipinski definition) is 0. The number of aromatic nitrogens is 2. The van der Waals surface area contributed by atoms with Crippen LogP contribution in [0, 0.1) is 0 Å². The predicted molar refractivity (Wildman–Crippen MR) is 94.8 cm³/mol. The van der Waals surface area contributed by atoms with Gasteiger partial charge in [0.1, 0.15) is 5.58 Å². The molecule has 3 aromatic rings. The van der Waals surface area contributed by atoms with Gasteiger partial charge in [-0.05, 0) is 37.1 Å². The molecule has 1 fully saturated rings. The second-order valence-corrected chi connectivity index (χ2v) is 8.49. The van der Waals surface area contributed by atoms with Crippen molar-refractivity contribution in [3.63, 3.8) is 0 Å². The third-order valence-electron chi connectivity index (χ3n) is 3.90. The Labute approximate surface area is 146 Å². The van der Waals surface area contributed by atoms with Crippen LogP contribution in [0.1, 0.15) is 32.1 Å². The minimum Gasteiger partial charge on any atom is -0.451 e. The molecule has 4 nitrogen and oxygen atoms in total. The summed E-state index contributed by atoms with van der Waals surface area (Å²) in [6, 6.07) is 7.37. The minimum atomic E-state index is 0.407. The van der Waals surface area contributed by atoms with Crippen molar-refractivity contribution in [2.75, 3.05) is 0 Å². The van der Waals surface area contributed by atoms with E-state index in [1.54, 1.807) is 16.9 Å². The molecule has 1 aromatic carbocycles. The van der Waals surface area contributed by atoms with Crippen molar-refractivity contribution in [2.45, 2.75) is 42.6 Å². The van der Waals surface area contributed by atoms with Crippen LogP contribution in [0.25, 0.3) is 22.6 Å². The Balaban J connectivity index is 1.47. The maximum absolute atomic E-state index is 5.99. The zero-order valence-corrected chi connectivity index (χ0v) is 14.7. The summed E-state index contributed by atoms with van der Waals surface area (Å²) in [6.07, 6.45) is 6.58. The molecule has 0 spiro atoms. The lowest BCUT2D eigenvalue weighted by Gasteiger charge is -2.19. The molecule has 1 aliphatic rings. The molecule has 0 amide bonds. The number of furan rings is 1. The van der Waals surface area contributed by atoms with E-state index in [1.807, 2.05) is 29.0 Å². The Morgan fingerprint density at radius 2 is 1.91 bits per heavy atom. The Bertz CT molecular complexity index is 811. The first-order valence-electron chi connectivity index (χ1n) is 7.64. The quantitative estimate of drug-likeness (QED) is 0.511. The Morgan fingerprint density at radius 1 is 1.04 bits per heavy atom. The van der Waals surface area contributed by atoms with Gasteiger partial charge in [0.15, 0.2) is 5.76 Å². The van der Waals surface area contributed by atoms with Crippen LogP contribution >= 0.6 is 33.2 Å². The standard InChI is InChI=1S/C16H15ClN2O2S2/c17-11-6-7-13-10(8-11)9-14(20-13)15-18-19-16(21-15)23-22-12-4-2-1-3-5-12/h6-9,12H,1-5H2. The predicted octanol–water partition coefficient (Wildman–Crippen LogP) is 6.21. The van der Waals surface area contributed by atoms with Crippen molar-refractivity contribution in [2.24, 2.45) is 0 Å². The monoisotopic (exact) mass is 366 g/mol. The first kappa shape index (κ1) is 15.4. The van der Waals surface area contributed by atoms with E-state index in [0.29, 0.717) is 27.1 Å². The average molecular weight is 367 g/mol. The molecule has 0 saturated heterocycles. The molecule has 1 saturated carbocycles. The van der Waals surface area contributed by atoms with Gasteiger partial charge in [-0.2, -0.15) is 0 Å². The minimum absolute atomic E-state index is 0.407. The second kappa shape index (κ2) is 6.79. The summed E-state index contributed by atoms with van der Waals surface area (Å²) < 4.78 is 11.5. The fraction of sp³-hybridized carbons (Fsp3) is 0.375. The number of hydrogen-bond acceptors (Lipinski definition) is 6. The zero-order valence-electron chi connectivity index (χ0n) is 12.3. The molecule has 2 aromatic heterocycles. The Hall–Kier alpha value is -1.11. The maximum Gasteiger partial charge on any atom is 0.287 e. The first-order valence-corrected chi connectivity index (χ1v) is 10.2. The van der Waals surface area contributed by atoms with Crippen molar-refractivity contribution in [1.82, 2.24) is 10.2 Å². The molecular weight excluding hydrogens is 352 g/mol. The lowest BCUT2D eigenvalue weighted by atomic mass is 10.0. The van der Waals surface area contributed by atoms with Crippen LogP contribution < -0.4 is 0 Å². The normalized spacial score (nSPS) is 16.2. The highest BCUT2D eigenvalue weighted by molar-refractivity contribution is 8.76. The highest BCUT2D eigenvalue weighted by Crippen LogP contribution is 2.40. The van der Waals surface area contributed by atoms with Crippen LogP contribution in [0.15, 0.2) is 38.3 Å². The maximum atomic E-state index is 5.99. The third-order valence-corrected chi connectivity index (χ3v) is 6.82. The van der Waals surface area contributed by atoms with Crippen molar-refractivity contribution >= 4 is 44.2 Å². The molecule has 23 heavy (non-hydrogen) atoms. The van der Waals surface area contributed by atoms with Gasteiger partial charge in [0, 0.05) is 26.5 Å². The van der Waals surface area contributed by atoms with Gasteiger partial charge in [-0.1, -0.05) is 46.8 Å². The molecule has 0 bridgehead atoms. The van der Waals surface area contributed by atoms with Gasteiger partial charge in [0.05, 0.1) is 0 Å². The molecule has 1 aliphatic carbocycles. The average Bonchev–Trinajstić information content (AvgIpc) is 3.20. The molecular formula is C16H15ClN2O2S2. The lowest BCUT2D eigenvalue weighted by Crippen LogP contribution is -2.06.